The lowest BCUT2D eigenvalue weighted by atomic mass is 10.1. The summed E-state index contributed by atoms with van der Waals surface area (Å²) in [5.41, 5.74) is 1.11. The summed E-state index contributed by atoms with van der Waals surface area (Å²) >= 11 is 6.00. The van der Waals surface area contributed by atoms with Gasteiger partial charge in [0.05, 0.1) is 27.0 Å². The van der Waals surface area contributed by atoms with Crippen LogP contribution >= 0.6 is 11.6 Å². The Bertz CT molecular complexity index is 1230. The van der Waals surface area contributed by atoms with Gasteiger partial charge in [-0.1, -0.05) is 30.7 Å². The number of non-ortho nitro benzene ring substituents is 1. The lowest BCUT2D eigenvalue weighted by Crippen LogP contribution is -2.13. The average molecular weight is 447 g/mol. The molecule has 0 bridgehead atoms. The van der Waals surface area contributed by atoms with Gasteiger partial charge in [-0.3, -0.25) is 14.9 Å². The van der Waals surface area contributed by atoms with E-state index in [1.54, 1.807) is 24.3 Å². The van der Waals surface area contributed by atoms with Gasteiger partial charge in [0.1, 0.15) is 0 Å². The highest BCUT2D eigenvalue weighted by molar-refractivity contribution is 7.91. The predicted molar refractivity (Wildman–Crippen MR) is 111 cm³/mol. The first-order chi connectivity index (χ1) is 14.2. The number of rotatable bonds is 6. The SMILES string of the molecule is CCS(=O)(=O)c1ccc(-c2cccc(NC(=O)c3cc([N+](=O)[O-])ccc3Cl)c2)nn1. The molecule has 1 amide bonds. The number of nitro groups is 1. The minimum Gasteiger partial charge on any atom is -0.322 e. The highest BCUT2D eigenvalue weighted by atomic mass is 35.5. The van der Waals surface area contributed by atoms with Crippen LogP contribution in [0.4, 0.5) is 11.4 Å². The summed E-state index contributed by atoms with van der Waals surface area (Å²) in [4.78, 5) is 22.8. The van der Waals surface area contributed by atoms with E-state index in [1.807, 2.05) is 0 Å². The van der Waals surface area contributed by atoms with Crippen LogP contribution in [0.15, 0.2) is 59.6 Å². The molecule has 11 heteroatoms. The van der Waals surface area contributed by atoms with E-state index in [9.17, 15) is 23.3 Å². The molecule has 2 aromatic carbocycles. The van der Waals surface area contributed by atoms with Crippen molar-refractivity contribution >= 4 is 38.7 Å². The minimum absolute atomic E-state index is 0.0369. The molecular formula is C19H15ClN4O5S. The van der Waals surface area contributed by atoms with Crippen molar-refractivity contribution in [2.45, 2.75) is 11.9 Å². The molecule has 0 saturated carbocycles. The molecule has 0 fully saturated rings. The maximum Gasteiger partial charge on any atom is 0.270 e. The van der Waals surface area contributed by atoms with Gasteiger partial charge in [-0.15, -0.1) is 10.2 Å². The zero-order chi connectivity index (χ0) is 21.9. The fraction of sp³-hybridized carbons (Fsp3) is 0.105. The van der Waals surface area contributed by atoms with Crippen LogP contribution in [-0.2, 0) is 9.84 Å². The third-order valence-corrected chi connectivity index (χ3v) is 6.11. The van der Waals surface area contributed by atoms with E-state index in [0.717, 1.165) is 6.07 Å². The standard InChI is InChI=1S/C19H15ClN4O5S/c1-2-30(28,29)18-9-8-17(22-23-18)12-4-3-5-13(10-12)21-19(25)15-11-14(24(26)27)6-7-16(15)20/h3-11H,2H2,1H3,(H,21,25). The van der Waals surface area contributed by atoms with Crippen molar-refractivity contribution in [2.75, 3.05) is 11.1 Å². The van der Waals surface area contributed by atoms with E-state index in [-0.39, 0.29) is 27.1 Å². The first kappa shape index (κ1) is 21.3. The summed E-state index contributed by atoms with van der Waals surface area (Å²) in [5.74, 6) is -0.695. The first-order valence-electron chi connectivity index (χ1n) is 8.63. The molecule has 30 heavy (non-hydrogen) atoms. The molecule has 0 spiro atoms. The zero-order valence-electron chi connectivity index (χ0n) is 15.6. The van der Waals surface area contributed by atoms with Crippen LogP contribution in [0.3, 0.4) is 0 Å². The molecule has 0 aliphatic carbocycles. The monoisotopic (exact) mass is 446 g/mol. The molecule has 154 valence electrons. The Labute approximate surface area is 176 Å². The quantitative estimate of drug-likeness (QED) is 0.450. The Morgan fingerprint density at radius 3 is 2.53 bits per heavy atom. The number of amides is 1. The van der Waals surface area contributed by atoms with E-state index in [0.29, 0.717) is 16.9 Å². The number of nitrogens with zero attached hydrogens (tertiary/aromatic N) is 3. The Kier molecular flexibility index (Phi) is 6.09. The van der Waals surface area contributed by atoms with E-state index < -0.39 is 20.7 Å². The van der Waals surface area contributed by atoms with Gasteiger partial charge in [0.2, 0.25) is 0 Å². The summed E-state index contributed by atoms with van der Waals surface area (Å²) in [7, 11) is -3.46. The smallest absolute Gasteiger partial charge is 0.270 e. The summed E-state index contributed by atoms with van der Waals surface area (Å²) in [6.07, 6.45) is 0. The number of hydrogen-bond donors (Lipinski definition) is 1. The fourth-order valence-corrected chi connectivity index (χ4v) is 3.48. The third kappa shape index (κ3) is 4.61. The highest BCUT2D eigenvalue weighted by Crippen LogP contribution is 2.25. The van der Waals surface area contributed by atoms with Gasteiger partial charge in [-0.05, 0) is 30.3 Å². The van der Waals surface area contributed by atoms with Gasteiger partial charge < -0.3 is 5.32 Å². The van der Waals surface area contributed by atoms with Gasteiger partial charge in [0.25, 0.3) is 11.6 Å². The molecule has 0 aliphatic heterocycles. The zero-order valence-corrected chi connectivity index (χ0v) is 17.1. The van der Waals surface area contributed by atoms with Crippen molar-refractivity contribution < 1.29 is 18.1 Å². The van der Waals surface area contributed by atoms with Gasteiger partial charge >= 0.3 is 0 Å². The second-order valence-corrected chi connectivity index (χ2v) is 8.75. The topological polar surface area (TPSA) is 132 Å². The van der Waals surface area contributed by atoms with E-state index in [2.05, 4.69) is 15.5 Å². The maximum absolute atomic E-state index is 12.5. The van der Waals surface area contributed by atoms with Gasteiger partial charge in [-0.25, -0.2) is 8.42 Å². The van der Waals surface area contributed by atoms with Crippen molar-refractivity contribution in [3.8, 4) is 11.3 Å². The Morgan fingerprint density at radius 2 is 1.90 bits per heavy atom. The number of anilines is 1. The number of carbonyl (C=O) groups excluding carboxylic acids is 1. The van der Waals surface area contributed by atoms with Crippen LogP contribution in [-0.4, -0.2) is 35.2 Å². The normalized spacial score (nSPS) is 11.1. The van der Waals surface area contributed by atoms with Crippen LogP contribution in [0, 0.1) is 10.1 Å². The summed E-state index contributed by atoms with van der Waals surface area (Å²) in [5, 5.41) is 21.2. The molecule has 3 rings (SSSR count). The van der Waals surface area contributed by atoms with Gasteiger partial charge in [0.15, 0.2) is 14.9 Å². The lowest BCUT2D eigenvalue weighted by molar-refractivity contribution is -0.384. The van der Waals surface area contributed by atoms with Gasteiger partial charge in [0, 0.05) is 23.4 Å². The van der Waals surface area contributed by atoms with Crippen LogP contribution in [0.2, 0.25) is 5.02 Å². The van der Waals surface area contributed by atoms with Crippen LogP contribution < -0.4 is 5.32 Å². The Morgan fingerprint density at radius 1 is 1.13 bits per heavy atom. The molecule has 1 aromatic heterocycles. The van der Waals surface area contributed by atoms with E-state index in [1.165, 1.54) is 31.2 Å². The number of hydrogen-bond acceptors (Lipinski definition) is 7. The van der Waals surface area contributed by atoms with Crippen molar-refractivity contribution in [1.82, 2.24) is 10.2 Å². The van der Waals surface area contributed by atoms with Crippen LogP contribution in [0.5, 0.6) is 0 Å². The highest BCUT2D eigenvalue weighted by Gasteiger charge is 2.17. The predicted octanol–water partition coefficient (Wildman–Crippen LogP) is 3.75. The average Bonchev–Trinajstić information content (AvgIpc) is 2.74. The number of sulfone groups is 1. The number of nitro benzene ring substituents is 1. The Hall–Kier alpha value is -3.37. The first-order valence-corrected chi connectivity index (χ1v) is 10.7. The van der Waals surface area contributed by atoms with Gasteiger partial charge in [-0.2, -0.15) is 0 Å². The number of nitrogens with one attached hydrogen (secondary N) is 1. The van der Waals surface area contributed by atoms with E-state index >= 15 is 0 Å². The lowest BCUT2D eigenvalue weighted by Gasteiger charge is -2.09. The van der Waals surface area contributed by atoms with E-state index in [4.69, 9.17) is 11.6 Å². The Balaban J connectivity index is 1.85. The number of benzene rings is 2. The molecule has 1 N–H and O–H groups in total. The summed E-state index contributed by atoms with van der Waals surface area (Å²) in [6.45, 7) is 1.52. The largest absolute Gasteiger partial charge is 0.322 e. The molecule has 1 heterocycles. The summed E-state index contributed by atoms with van der Waals surface area (Å²) in [6, 6.07) is 13.1. The van der Waals surface area contributed by atoms with Crippen molar-refractivity contribution in [1.29, 1.82) is 0 Å². The summed E-state index contributed by atoms with van der Waals surface area (Å²) < 4.78 is 23.7. The third-order valence-electron chi connectivity index (χ3n) is 4.16. The minimum atomic E-state index is -3.46. The molecule has 0 saturated heterocycles. The molecule has 9 nitrogen and oxygen atoms in total. The number of aromatic nitrogens is 2. The van der Waals surface area contributed by atoms with Crippen molar-refractivity contribution in [2.24, 2.45) is 0 Å². The maximum atomic E-state index is 12.5. The van der Waals surface area contributed by atoms with Crippen LogP contribution in [0.25, 0.3) is 11.3 Å². The molecule has 3 aromatic rings. The van der Waals surface area contributed by atoms with Crippen molar-refractivity contribution in [3.05, 3.63) is 75.3 Å². The molecule has 0 atom stereocenters. The molecule has 0 unspecified atom stereocenters. The van der Waals surface area contributed by atoms with Crippen molar-refractivity contribution in [3.63, 3.8) is 0 Å². The molecule has 0 aliphatic rings. The fourth-order valence-electron chi connectivity index (χ4n) is 2.54. The van der Waals surface area contributed by atoms with Crippen LogP contribution in [0.1, 0.15) is 17.3 Å². The number of carbonyl (C=O) groups is 1. The second kappa shape index (κ2) is 8.56. The molecule has 0 radical (unpaired) electrons. The second-order valence-electron chi connectivity index (χ2n) is 6.12. The number of halogens is 1. The molecular weight excluding hydrogens is 432 g/mol.